The van der Waals surface area contributed by atoms with Crippen LogP contribution in [0.2, 0.25) is 0 Å². The highest BCUT2D eigenvalue weighted by Gasteiger charge is 2.18. The maximum atomic E-state index is 12.3. The summed E-state index contributed by atoms with van der Waals surface area (Å²) in [6.07, 6.45) is 0. The van der Waals surface area contributed by atoms with Gasteiger partial charge in [-0.05, 0) is 19.1 Å². The van der Waals surface area contributed by atoms with E-state index < -0.39 is 0 Å². The smallest absolute Gasteiger partial charge is 0.254 e. The molecule has 2 amide bonds. The largest absolute Gasteiger partial charge is 0.389 e. The number of nitrogens with zero attached hydrogens (tertiary/aromatic N) is 2. The van der Waals surface area contributed by atoms with Gasteiger partial charge in [0.05, 0.1) is 6.54 Å². The lowest BCUT2D eigenvalue weighted by Gasteiger charge is -2.22. The first-order chi connectivity index (χ1) is 9.36. The van der Waals surface area contributed by atoms with Crippen LogP contribution in [0.25, 0.3) is 0 Å². The van der Waals surface area contributed by atoms with Crippen LogP contribution >= 0.6 is 12.2 Å². The average Bonchev–Trinajstić information content (AvgIpc) is 2.43. The fourth-order valence-corrected chi connectivity index (χ4v) is 1.73. The number of likely N-dealkylation sites (N-methyl/N-ethyl adjacent to an activating group) is 2. The number of amides is 2. The lowest BCUT2D eigenvalue weighted by molar-refractivity contribution is -0.129. The standard InChI is InChI=1S/C14H19N3O2S/c1-4-17(9-12(18)16(2)3)14(19)11-7-5-10(6-8-11)13(15)20/h5-8H,4,9H2,1-3H3,(H2,15,20). The summed E-state index contributed by atoms with van der Waals surface area (Å²) in [7, 11) is 3.33. The van der Waals surface area contributed by atoms with E-state index in [2.05, 4.69) is 0 Å². The number of nitrogens with two attached hydrogens (primary N) is 1. The Balaban J connectivity index is 2.85. The van der Waals surface area contributed by atoms with Crippen LogP contribution in [0.4, 0.5) is 0 Å². The SMILES string of the molecule is CCN(CC(=O)N(C)C)C(=O)c1ccc(C(N)=S)cc1. The zero-order chi connectivity index (χ0) is 15.3. The molecule has 0 aliphatic rings. The van der Waals surface area contributed by atoms with Crippen molar-refractivity contribution in [3.63, 3.8) is 0 Å². The molecule has 0 aliphatic heterocycles. The quantitative estimate of drug-likeness (QED) is 0.818. The first kappa shape index (κ1) is 16.1. The van der Waals surface area contributed by atoms with E-state index in [0.29, 0.717) is 22.7 Å². The number of carbonyl (C=O) groups is 2. The van der Waals surface area contributed by atoms with Gasteiger partial charge in [0, 0.05) is 31.8 Å². The highest BCUT2D eigenvalue weighted by molar-refractivity contribution is 7.80. The Labute approximate surface area is 124 Å². The van der Waals surface area contributed by atoms with Gasteiger partial charge in [0.25, 0.3) is 5.91 Å². The van der Waals surface area contributed by atoms with Crippen molar-refractivity contribution in [2.24, 2.45) is 5.73 Å². The fraction of sp³-hybridized carbons (Fsp3) is 0.357. The minimum Gasteiger partial charge on any atom is -0.389 e. The molecule has 0 saturated carbocycles. The van der Waals surface area contributed by atoms with E-state index >= 15 is 0 Å². The van der Waals surface area contributed by atoms with Crippen molar-refractivity contribution < 1.29 is 9.59 Å². The lowest BCUT2D eigenvalue weighted by atomic mass is 10.1. The summed E-state index contributed by atoms with van der Waals surface area (Å²) in [6, 6.07) is 6.74. The van der Waals surface area contributed by atoms with E-state index in [1.807, 2.05) is 6.92 Å². The van der Waals surface area contributed by atoms with Gasteiger partial charge < -0.3 is 15.5 Å². The molecule has 108 valence electrons. The van der Waals surface area contributed by atoms with Crippen LogP contribution in [0.5, 0.6) is 0 Å². The summed E-state index contributed by atoms with van der Waals surface area (Å²) < 4.78 is 0. The van der Waals surface area contributed by atoms with Gasteiger partial charge >= 0.3 is 0 Å². The summed E-state index contributed by atoms with van der Waals surface area (Å²) in [6.45, 7) is 2.37. The molecule has 0 atom stereocenters. The van der Waals surface area contributed by atoms with E-state index in [4.69, 9.17) is 18.0 Å². The minimum absolute atomic E-state index is 0.0688. The maximum absolute atomic E-state index is 12.3. The highest BCUT2D eigenvalue weighted by atomic mass is 32.1. The predicted molar refractivity (Wildman–Crippen MR) is 82.6 cm³/mol. The van der Waals surface area contributed by atoms with Crippen LogP contribution in [-0.4, -0.2) is 53.8 Å². The summed E-state index contributed by atoms with van der Waals surface area (Å²) in [4.78, 5) is 27.2. The zero-order valence-electron chi connectivity index (χ0n) is 11.9. The molecule has 0 bridgehead atoms. The second-order valence-corrected chi connectivity index (χ2v) is 4.99. The molecule has 2 N–H and O–H groups in total. The van der Waals surface area contributed by atoms with Gasteiger partial charge in [-0.1, -0.05) is 24.4 Å². The summed E-state index contributed by atoms with van der Waals surface area (Å²) >= 11 is 4.86. The molecule has 0 unspecified atom stereocenters. The Morgan fingerprint density at radius 1 is 1.15 bits per heavy atom. The van der Waals surface area contributed by atoms with Gasteiger partial charge in [-0.3, -0.25) is 9.59 Å². The molecular weight excluding hydrogens is 274 g/mol. The van der Waals surface area contributed by atoms with Crippen molar-refractivity contribution in [1.29, 1.82) is 0 Å². The minimum atomic E-state index is -0.183. The van der Waals surface area contributed by atoms with Gasteiger partial charge in [0.2, 0.25) is 5.91 Å². The van der Waals surface area contributed by atoms with Crippen LogP contribution in [0.15, 0.2) is 24.3 Å². The normalized spacial score (nSPS) is 9.95. The molecule has 1 aromatic carbocycles. The molecule has 0 aromatic heterocycles. The highest BCUT2D eigenvalue weighted by Crippen LogP contribution is 2.08. The van der Waals surface area contributed by atoms with Gasteiger partial charge in [-0.25, -0.2) is 0 Å². The van der Waals surface area contributed by atoms with Crippen LogP contribution in [0.3, 0.4) is 0 Å². The molecule has 0 fully saturated rings. The molecule has 0 spiro atoms. The van der Waals surface area contributed by atoms with Crippen LogP contribution in [0.1, 0.15) is 22.8 Å². The van der Waals surface area contributed by atoms with Crippen molar-refractivity contribution in [3.05, 3.63) is 35.4 Å². The lowest BCUT2D eigenvalue weighted by Crippen LogP contribution is -2.40. The van der Waals surface area contributed by atoms with Gasteiger partial charge in [0.1, 0.15) is 4.99 Å². The van der Waals surface area contributed by atoms with Crippen molar-refractivity contribution in [2.75, 3.05) is 27.2 Å². The molecule has 1 aromatic rings. The second kappa shape index (κ2) is 7.00. The number of hydrogen-bond acceptors (Lipinski definition) is 3. The van der Waals surface area contributed by atoms with Crippen molar-refractivity contribution >= 4 is 29.0 Å². The number of benzene rings is 1. The summed E-state index contributed by atoms with van der Waals surface area (Å²) in [5, 5.41) is 0. The van der Waals surface area contributed by atoms with Crippen molar-refractivity contribution in [2.45, 2.75) is 6.92 Å². The summed E-state index contributed by atoms with van der Waals surface area (Å²) in [5.74, 6) is -0.294. The van der Waals surface area contributed by atoms with Crippen LogP contribution < -0.4 is 5.73 Å². The van der Waals surface area contributed by atoms with Gasteiger partial charge in [-0.15, -0.1) is 0 Å². The van der Waals surface area contributed by atoms with E-state index in [1.54, 1.807) is 38.4 Å². The molecule has 0 radical (unpaired) electrons. The monoisotopic (exact) mass is 293 g/mol. The second-order valence-electron chi connectivity index (χ2n) is 4.55. The van der Waals surface area contributed by atoms with E-state index in [1.165, 1.54) is 9.80 Å². The predicted octanol–water partition coefficient (Wildman–Crippen LogP) is 0.871. The van der Waals surface area contributed by atoms with E-state index in [9.17, 15) is 9.59 Å². The van der Waals surface area contributed by atoms with Crippen LogP contribution in [0, 0.1) is 0 Å². The maximum Gasteiger partial charge on any atom is 0.254 e. The number of carbonyl (C=O) groups excluding carboxylic acids is 2. The average molecular weight is 293 g/mol. The zero-order valence-corrected chi connectivity index (χ0v) is 12.7. The molecule has 0 saturated heterocycles. The Kier molecular flexibility index (Phi) is 5.64. The molecule has 0 aliphatic carbocycles. The number of rotatable bonds is 5. The van der Waals surface area contributed by atoms with Gasteiger partial charge in [0.15, 0.2) is 0 Å². The molecule has 20 heavy (non-hydrogen) atoms. The molecule has 6 heteroatoms. The van der Waals surface area contributed by atoms with E-state index in [0.717, 1.165) is 0 Å². The number of hydrogen-bond donors (Lipinski definition) is 1. The number of thiocarbonyl (C=S) groups is 1. The van der Waals surface area contributed by atoms with Gasteiger partial charge in [-0.2, -0.15) is 0 Å². The molecule has 1 rings (SSSR count). The third-order valence-corrected chi connectivity index (χ3v) is 3.15. The fourth-order valence-electron chi connectivity index (χ4n) is 1.59. The Morgan fingerprint density at radius 3 is 2.05 bits per heavy atom. The Morgan fingerprint density at radius 2 is 1.65 bits per heavy atom. The van der Waals surface area contributed by atoms with Crippen molar-refractivity contribution in [1.82, 2.24) is 9.80 Å². The van der Waals surface area contributed by atoms with Crippen LogP contribution in [-0.2, 0) is 4.79 Å². The Hall–Kier alpha value is -1.95. The molecular formula is C14H19N3O2S. The summed E-state index contributed by atoms with van der Waals surface area (Å²) in [5.41, 5.74) is 6.74. The topological polar surface area (TPSA) is 66.6 Å². The third kappa shape index (κ3) is 4.03. The van der Waals surface area contributed by atoms with Crippen molar-refractivity contribution in [3.8, 4) is 0 Å². The first-order valence-corrected chi connectivity index (χ1v) is 6.67. The van der Waals surface area contributed by atoms with E-state index in [-0.39, 0.29) is 18.4 Å². The first-order valence-electron chi connectivity index (χ1n) is 6.26. The molecule has 0 heterocycles. The Bertz CT molecular complexity index is 512. The molecule has 5 nitrogen and oxygen atoms in total. The third-order valence-electron chi connectivity index (χ3n) is 2.91.